The maximum Gasteiger partial charge on any atom is 0.241 e. The van der Waals surface area contributed by atoms with Gasteiger partial charge in [0.05, 0.1) is 4.90 Å². The van der Waals surface area contributed by atoms with Gasteiger partial charge in [-0.2, -0.15) is 0 Å². The normalized spacial score (nSPS) is 23.8. The quantitative estimate of drug-likeness (QED) is 0.635. The van der Waals surface area contributed by atoms with E-state index in [4.69, 9.17) is 0 Å². The highest BCUT2D eigenvalue weighted by atomic mass is 79.9. The molecule has 112 valence electrons. The summed E-state index contributed by atoms with van der Waals surface area (Å²) in [4.78, 5) is 0.679. The molecule has 3 nitrogen and oxygen atoms in total. The van der Waals surface area contributed by atoms with Crippen LogP contribution in [0.5, 0.6) is 0 Å². The van der Waals surface area contributed by atoms with Crippen LogP contribution in [-0.4, -0.2) is 19.8 Å². The van der Waals surface area contributed by atoms with Gasteiger partial charge in [0, 0.05) is 20.3 Å². The minimum absolute atomic E-state index is 0.272. The number of hydrogen-bond donors (Lipinski definition) is 1. The fraction of sp³-hybridized carbons (Fsp3) is 0.538. The Labute approximate surface area is 145 Å². The third-order valence-electron chi connectivity index (χ3n) is 3.53. The van der Waals surface area contributed by atoms with Crippen LogP contribution < -0.4 is 4.72 Å². The van der Waals surface area contributed by atoms with Crippen molar-refractivity contribution in [2.75, 3.05) is 6.54 Å². The number of halogens is 3. The summed E-state index contributed by atoms with van der Waals surface area (Å²) in [6.07, 6.45) is 4.58. The maximum absolute atomic E-state index is 12.4. The Morgan fingerprint density at radius 2 is 1.90 bits per heavy atom. The predicted molar refractivity (Wildman–Crippen MR) is 91.7 cm³/mol. The molecule has 0 saturated heterocycles. The Hall–Kier alpha value is 0.570. The van der Waals surface area contributed by atoms with Gasteiger partial charge in [0.25, 0.3) is 0 Å². The summed E-state index contributed by atoms with van der Waals surface area (Å²) in [6, 6.07) is 5.14. The average Bonchev–Trinajstić information content (AvgIpc) is 2.40. The Kier molecular flexibility index (Phi) is 6.11. The first-order valence-corrected chi connectivity index (χ1v) is 10.5. The van der Waals surface area contributed by atoms with E-state index in [-0.39, 0.29) is 4.90 Å². The number of alkyl halides is 1. The van der Waals surface area contributed by atoms with Crippen LogP contribution in [0.2, 0.25) is 0 Å². The summed E-state index contributed by atoms with van der Waals surface area (Å²) in [6.45, 7) is 0.483. The van der Waals surface area contributed by atoms with Gasteiger partial charge in [-0.3, -0.25) is 0 Å². The zero-order valence-electron chi connectivity index (χ0n) is 10.8. The fourth-order valence-electron chi connectivity index (χ4n) is 2.37. The number of nitrogens with one attached hydrogen (secondary N) is 1. The largest absolute Gasteiger partial charge is 0.241 e. The van der Waals surface area contributed by atoms with Gasteiger partial charge in [-0.1, -0.05) is 44.7 Å². The molecule has 1 aliphatic rings. The minimum Gasteiger partial charge on any atom is -0.211 e. The molecule has 7 heteroatoms. The van der Waals surface area contributed by atoms with E-state index in [0.29, 0.717) is 21.8 Å². The molecule has 2 atom stereocenters. The molecule has 1 aliphatic carbocycles. The molecule has 1 saturated carbocycles. The van der Waals surface area contributed by atoms with E-state index in [1.807, 2.05) is 0 Å². The van der Waals surface area contributed by atoms with Crippen LogP contribution in [-0.2, 0) is 10.0 Å². The molecule has 0 radical (unpaired) electrons. The van der Waals surface area contributed by atoms with Crippen LogP contribution in [0.15, 0.2) is 32.0 Å². The highest BCUT2D eigenvalue weighted by molar-refractivity contribution is 9.11. The Bertz CT molecular complexity index is 577. The second-order valence-corrected chi connectivity index (χ2v) is 9.67. The van der Waals surface area contributed by atoms with E-state index in [1.165, 1.54) is 12.8 Å². The molecule has 2 rings (SSSR count). The van der Waals surface area contributed by atoms with E-state index in [9.17, 15) is 8.42 Å². The standard InChI is InChI=1S/C13H16Br3NO2S/c14-10-5-6-12(16)13(7-10)20(18,19)17-8-9-3-1-2-4-11(9)15/h5-7,9,11,17H,1-4,8H2. The van der Waals surface area contributed by atoms with Crippen molar-refractivity contribution in [1.82, 2.24) is 4.72 Å². The minimum atomic E-state index is -3.48. The van der Waals surface area contributed by atoms with Gasteiger partial charge in [0.2, 0.25) is 10.0 Å². The van der Waals surface area contributed by atoms with Crippen molar-refractivity contribution in [1.29, 1.82) is 0 Å². The van der Waals surface area contributed by atoms with Crippen LogP contribution in [0, 0.1) is 5.92 Å². The summed E-state index contributed by atoms with van der Waals surface area (Å²) in [5.74, 6) is 0.365. The lowest BCUT2D eigenvalue weighted by atomic mass is 9.89. The number of rotatable bonds is 4. The molecule has 0 bridgehead atoms. The van der Waals surface area contributed by atoms with Gasteiger partial charge in [-0.15, -0.1) is 0 Å². The molecule has 0 spiro atoms. The van der Waals surface area contributed by atoms with Crippen LogP contribution >= 0.6 is 47.8 Å². The second-order valence-electron chi connectivity index (χ2n) is 4.99. The lowest BCUT2D eigenvalue weighted by molar-refractivity contribution is 0.373. The number of hydrogen-bond acceptors (Lipinski definition) is 2. The summed E-state index contributed by atoms with van der Waals surface area (Å²) >= 11 is 10.3. The van der Waals surface area contributed by atoms with E-state index in [1.54, 1.807) is 18.2 Å². The molecule has 1 aromatic rings. The molecule has 1 N–H and O–H groups in total. The third-order valence-corrected chi connectivity index (χ3v) is 7.65. The van der Waals surface area contributed by atoms with Gasteiger partial charge in [-0.25, -0.2) is 13.1 Å². The van der Waals surface area contributed by atoms with Crippen LogP contribution in [0.25, 0.3) is 0 Å². The second kappa shape index (κ2) is 7.22. The molecule has 20 heavy (non-hydrogen) atoms. The first-order chi connectivity index (χ1) is 9.40. The predicted octanol–water partition coefficient (Wildman–Crippen LogP) is 4.44. The Balaban J connectivity index is 2.09. The summed E-state index contributed by atoms with van der Waals surface area (Å²) in [5.41, 5.74) is 0. The van der Waals surface area contributed by atoms with Gasteiger partial charge >= 0.3 is 0 Å². The van der Waals surface area contributed by atoms with Gasteiger partial charge in [0.15, 0.2) is 0 Å². The number of sulfonamides is 1. The first kappa shape index (κ1) is 16.9. The SMILES string of the molecule is O=S(=O)(NCC1CCCCC1Br)c1cc(Br)ccc1Br. The fourth-order valence-corrected chi connectivity index (χ4v) is 5.74. The zero-order chi connectivity index (χ0) is 14.8. The molecule has 0 heterocycles. The lowest BCUT2D eigenvalue weighted by Gasteiger charge is -2.27. The highest BCUT2D eigenvalue weighted by Crippen LogP contribution is 2.30. The first-order valence-electron chi connectivity index (χ1n) is 6.49. The summed E-state index contributed by atoms with van der Waals surface area (Å²) in [7, 11) is -3.48. The molecular weight excluding hydrogens is 474 g/mol. The van der Waals surface area contributed by atoms with E-state index in [2.05, 4.69) is 52.5 Å². The summed E-state index contributed by atoms with van der Waals surface area (Å²) < 4.78 is 28.8. The molecule has 1 fully saturated rings. The van der Waals surface area contributed by atoms with Gasteiger partial charge < -0.3 is 0 Å². The van der Waals surface area contributed by atoms with Crippen molar-refractivity contribution in [3.05, 3.63) is 27.1 Å². The van der Waals surface area contributed by atoms with Crippen molar-refractivity contribution in [2.24, 2.45) is 5.92 Å². The van der Waals surface area contributed by atoms with Gasteiger partial charge in [0.1, 0.15) is 0 Å². The monoisotopic (exact) mass is 487 g/mol. The summed E-state index contributed by atoms with van der Waals surface area (Å²) in [5, 5.41) is 0. The lowest BCUT2D eigenvalue weighted by Crippen LogP contribution is -2.34. The van der Waals surface area contributed by atoms with Crippen LogP contribution in [0.1, 0.15) is 25.7 Å². The molecule has 0 aromatic heterocycles. The highest BCUT2D eigenvalue weighted by Gasteiger charge is 2.25. The smallest absolute Gasteiger partial charge is 0.211 e. The van der Waals surface area contributed by atoms with Crippen molar-refractivity contribution in [3.63, 3.8) is 0 Å². The molecule has 0 aliphatic heterocycles. The molecular formula is C13H16Br3NO2S. The Morgan fingerprint density at radius 3 is 2.60 bits per heavy atom. The number of benzene rings is 1. The van der Waals surface area contributed by atoms with E-state index < -0.39 is 10.0 Å². The molecule has 0 amide bonds. The van der Waals surface area contributed by atoms with Crippen molar-refractivity contribution in [3.8, 4) is 0 Å². The van der Waals surface area contributed by atoms with E-state index >= 15 is 0 Å². The Morgan fingerprint density at radius 1 is 1.20 bits per heavy atom. The van der Waals surface area contributed by atoms with E-state index in [0.717, 1.165) is 17.3 Å². The average molecular weight is 490 g/mol. The van der Waals surface area contributed by atoms with Crippen molar-refractivity contribution in [2.45, 2.75) is 35.4 Å². The van der Waals surface area contributed by atoms with Crippen molar-refractivity contribution < 1.29 is 8.42 Å². The zero-order valence-corrected chi connectivity index (χ0v) is 16.4. The van der Waals surface area contributed by atoms with Gasteiger partial charge in [-0.05, 0) is 52.9 Å². The molecule has 2 unspecified atom stereocenters. The molecule has 1 aromatic carbocycles. The topological polar surface area (TPSA) is 46.2 Å². The third kappa shape index (κ3) is 4.29. The maximum atomic E-state index is 12.4. The van der Waals surface area contributed by atoms with Crippen LogP contribution in [0.3, 0.4) is 0 Å². The van der Waals surface area contributed by atoms with Crippen LogP contribution in [0.4, 0.5) is 0 Å². The van der Waals surface area contributed by atoms with Crippen molar-refractivity contribution >= 4 is 57.8 Å².